The number of hydrogen-bond donors (Lipinski definition) is 0. The molecular weight excluding hydrogens is 436 g/mol. The lowest BCUT2D eigenvalue weighted by molar-refractivity contribution is 0.383. The predicted octanol–water partition coefficient (Wildman–Crippen LogP) is 3.15. The Morgan fingerprint density at radius 2 is 1.39 bits per heavy atom. The van der Waals surface area contributed by atoms with Gasteiger partial charge in [0.25, 0.3) is 0 Å². The smallest absolute Gasteiger partial charge is 0.243 e. The Hall–Kier alpha value is -3.56. The number of imidazole rings is 1. The molecule has 1 fully saturated rings. The third kappa shape index (κ3) is 4.24. The van der Waals surface area contributed by atoms with Gasteiger partial charge >= 0.3 is 0 Å². The van der Waals surface area contributed by atoms with Crippen molar-refractivity contribution in [3.05, 3.63) is 84.9 Å². The summed E-state index contributed by atoms with van der Waals surface area (Å²) in [5.41, 5.74) is 2.05. The van der Waals surface area contributed by atoms with E-state index in [-0.39, 0.29) is 0 Å². The van der Waals surface area contributed by atoms with Crippen LogP contribution in [0.3, 0.4) is 0 Å². The van der Waals surface area contributed by atoms with Gasteiger partial charge in [0, 0.05) is 38.6 Å². The Kier molecular flexibility index (Phi) is 5.65. The normalized spacial score (nSPS) is 15.0. The molecule has 0 atom stereocenters. The molecule has 1 aliphatic rings. The maximum Gasteiger partial charge on any atom is 0.243 e. The minimum absolute atomic E-state index is 0.315. The monoisotopic (exact) mass is 460 g/mol. The molecule has 0 spiro atoms. The number of benzene rings is 2. The summed E-state index contributed by atoms with van der Waals surface area (Å²) >= 11 is 0. The highest BCUT2D eigenvalue weighted by Crippen LogP contribution is 2.24. The molecule has 2 aromatic heterocycles. The van der Waals surface area contributed by atoms with Crippen molar-refractivity contribution in [2.24, 2.45) is 0 Å². The van der Waals surface area contributed by atoms with Gasteiger partial charge in [-0.1, -0.05) is 42.5 Å². The summed E-state index contributed by atoms with van der Waals surface area (Å²) in [6, 6.07) is 20.8. The molecule has 9 heteroatoms. The largest absolute Gasteiger partial charge is 0.352 e. The van der Waals surface area contributed by atoms with Crippen LogP contribution in [0.1, 0.15) is 5.82 Å². The number of nitrogens with zero attached hydrogens (tertiary/aromatic N) is 6. The van der Waals surface area contributed by atoms with Crippen molar-refractivity contribution in [3.8, 4) is 16.9 Å². The first kappa shape index (κ1) is 21.3. The van der Waals surface area contributed by atoms with E-state index in [1.807, 2.05) is 72.3 Å². The second-order valence-electron chi connectivity index (χ2n) is 7.88. The van der Waals surface area contributed by atoms with Gasteiger partial charge in [0.05, 0.1) is 4.90 Å². The second-order valence-corrected chi connectivity index (χ2v) is 9.81. The topological polar surface area (TPSA) is 84.2 Å². The predicted molar refractivity (Wildman–Crippen MR) is 127 cm³/mol. The van der Waals surface area contributed by atoms with Gasteiger partial charge in [-0.05, 0) is 42.3 Å². The van der Waals surface area contributed by atoms with E-state index in [4.69, 9.17) is 0 Å². The highest BCUT2D eigenvalue weighted by Gasteiger charge is 2.29. The zero-order valence-electron chi connectivity index (χ0n) is 18.2. The highest BCUT2D eigenvalue weighted by atomic mass is 32.2. The number of piperazine rings is 1. The summed E-state index contributed by atoms with van der Waals surface area (Å²) in [5.74, 6) is 2.28. The summed E-state index contributed by atoms with van der Waals surface area (Å²) in [5, 5.41) is 8.65. The fraction of sp³-hybridized carbons (Fsp3) is 0.208. The zero-order chi connectivity index (χ0) is 22.8. The van der Waals surface area contributed by atoms with E-state index in [0.717, 1.165) is 22.8 Å². The van der Waals surface area contributed by atoms with Crippen LogP contribution in [-0.2, 0) is 10.0 Å². The average molecular weight is 461 g/mol. The summed E-state index contributed by atoms with van der Waals surface area (Å²) in [7, 11) is -3.55. The van der Waals surface area contributed by atoms with Gasteiger partial charge in [-0.2, -0.15) is 4.31 Å². The SMILES string of the molecule is Cc1nccn1-c1ccc(N2CCN(S(=O)(=O)c3ccc(-c4ccccc4)cc3)CC2)nn1. The van der Waals surface area contributed by atoms with Crippen LogP contribution >= 0.6 is 0 Å². The minimum atomic E-state index is -3.55. The van der Waals surface area contributed by atoms with E-state index in [9.17, 15) is 8.42 Å². The molecule has 0 bridgehead atoms. The van der Waals surface area contributed by atoms with Gasteiger partial charge in [0.15, 0.2) is 11.6 Å². The summed E-state index contributed by atoms with van der Waals surface area (Å²) in [6.07, 6.45) is 3.56. The molecule has 5 rings (SSSR count). The third-order valence-electron chi connectivity index (χ3n) is 5.87. The number of aryl methyl sites for hydroxylation is 1. The van der Waals surface area contributed by atoms with Crippen LogP contribution in [-0.4, -0.2) is 58.7 Å². The molecule has 0 saturated carbocycles. The highest BCUT2D eigenvalue weighted by molar-refractivity contribution is 7.89. The van der Waals surface area contributed by atoms with Crippen LogP contribution in [0.2, 0.25) is 0 Å². The Labute approximate surface area is 193 Å². The van der Waals surface area contributed by atoms with Crippen molar-refractivity contribution in [2.45, 2.75) is 11.8 Å². The van der Waals surface area contributed by atoms with Crippen LogP contribution in [0.25, 0.3) is 16.9 Å². The van der Waals surface area contributed by atoms with Gasteiger partial charge < -0.3 is 4.90 Å². The van der Waals surface area contributed by atoms with E-state index in [1.54, 1.807) is 18.3 Å². The molecule has 1 saturated heterocycles. The zero-order valence-corrected chi connectivity index (χ0v) is 19.1. The molecule has 8 nitrogen and oxygen atoms in total. The van der Waals surface area contributed by atoms with Gasteiger partial charge in [0.1, 0.15) is 5.82 Å². The van der Waals surface area contributed by atoms with Crippen molar-refractivity contribution in [1.29, 1.82) is 0 Å². The van der Waals surface area contributed by atoms with Crippen molar-refractivity contribution >= 4 is 15.8 Å². The Balaban J connectivity index is 1.25. The van der Waals surface area contributed by atoms with E-state index in [0.29, 0.717) is 36.9 Å². The molecular formula is C24H24N6O2S. The summed E-state index contributed by atoms with van der Waals surface area (Å²) in [6.45, 7) is 3.81. The molecule has 168 valence electrons. The molecule has 2 aromatic carbocycles. The van der Waals surface area contributed by atoms with Gasteiger partial charge in [-0.25, -0.2) is 13.4 Å². The fourth-order valence-corrected chi connectivity index (χ4v) is 5.41. The molecule has 0 aliphatic carbocycles. The standard InChI is InChI=1S/C24H24N6O2S/c1-19-25-13-14-30(19)24-12-11-23(26-27-24)28-15-17-29(18-16-28)33(31,32)22-9-7-21(8-10-22)20-5-3-2-4-6-20/h2-14H,15-18H2,1H3. The first-order valence-electron chi connectivity index (χ1n) is 10.8. The maximum atomic E-state index is 13.2. The van der Waals surface area contributed by atoms with Gasteiger partial charge in [-0.15, -0.1) is 10.2 Å². The van der Waals surface area contributed by atoms with Crippen LogP contribution in [0.5, 0.6) is 0 Å². The van der Waals surface area contributed by atoms with Crippen molar-refractivity contribution in [3.63, 3.8) is 0 Å². The fourth-order valence-electron chi connectivity index (χ4n) is 3.99. The van der Waals surface area contributed by atoms with Crippen LogP contribution in [0, 0.1) is 6.92 Å². The quantitative estimate of drug-likeness (QED) is 0.455. The molecule has 0 radical (unpaired) electrons. The lowest BCUT2D eigenvalue weighted by Crippen LogP contribution is -2.49. The van der Waals surface area contributed by atoms with Crippen molar-refractivity contribution < 1.29 is 8.42 Å². The Bertz CT molecular complexity index is 1330. The maximum absolute atomic E-state index is 13.2. The van der Waals surface area contributed by atoms with Gasteiger partial charge in [0.2, 0.25) is 10.0 Å². The lowest BCUT2D eigenvalue weighted by atomic mass is 10.1. The van der Waals surface area contributed by atoms with Crippen molar-refractivity contribution in [1.82, 2.24) is 24.1 Å². The number of hydrogen-bond acceptors (Lipinski definition) is 6. The van der Waals surface area contributed by atoms with E-state index >= 15 is 0 Å². The Morgan fingerprint density at radius 1 is 0.758 bits per heavy atom. The second kappa shape index (κ2) is 8.76. The Morgan fingerprint density at radius 3 is 2.00 bits per heavy atom. The number of aromatic nitrogens is 4. The molecule has 1 aliphatic heterocycles. The lowest BCUT2D eigenvalue weighted by Gasteiger charge is -2.34. The van der Waals surface area contributed by atoms with Gasteiger partial charge in [-0.3, -0.25) is 4.57 Å². The van der Waals surface area contributed by atoms with E-state index in [1.165, 1.54) is 4.31 Å². The first-order valence-corrected chi connectivity index (χ1v) is 12.2. The molecule has 3 heterocycles. The third-order valence-corrected chi connectivity index (χ3v) is 7.78. The number of anilines is 1. The molecule has 33 heavy (non-hydrogen) atoms. The summed E-state index contributed by atoms with van der Waals surface area (Å²) < 4.78 is 29.7. The van der Waals surface area contributed by atoms with E-state index < -0.39 is 10.0 Å². The van der Waals surface area contributed by atoms with Crippen LogP contribution in [0.4, 0.5) is 5.82 Å². The van der Waals surface area contributed by atoms with Crippen LogP contribution < -0.4 is 4.90 Å². The number of rotatable bonds is 5. The van der Waals surface area contributed by atoms with E-state index in [2.05, 4.69) is 20.1 Å². The molecule has 0 amide bonds. The first-order chi connectivity index (χ1) is 16.0. The minimum Gasteiger partial charge on any atom is -0.352 e. The van der Waals surface area contributed by atoms with Crippen LogP contribution in [0.15, 0.2) is 84.0 Å². The summed E-state index contributed by atoms with van der Waals surface area (Å²) in [4.78, 5) is 6.58. The average Bonchev–Trinajstić information content (AvgIpc) is 3.30. The molecule has 4 aromatic rings. The van der Waals surface area contributed by atoms with Crippen molar-refractivity contribution in [2.75, 3.05) is 31.1 Å². The number of sulfonamides is 1. The molecule has 0 unspecified atom stereocenters. The molecule has 0 N–H and O–H groups in total.